The fourth-order valence-corrected chi connectivity index (χ4v) is 2.85. The number of aliphatic carboxylic acids is 1. The van der Waals surface area contributed by atoms with Crippen LogP contribution in [0.4, 0.5) is 0 Å². The third-order valence-corrected chi connectivity index (χ3v) is 4.56. The standard InChI is InChI=1S/C19H26N2O5S/c1-3-14(22)12-17(23)20-16(11-13-7-5-4-6-8-13)18(24)21-15(19(25)26)9-10-27-2/h4-8,15-16H,3,9-12H2,1-2H3,(H,20,23)(H,21,24)(H,25,26)/t15-,16-/m0/s1. The van der Waals surface area contributed by atoms with Crippen molar-refractivity contribution in [3.05, 3.63) is 35.9 Å². The maximum Gasteiger partial charge on any atom is 0.326 e. The molecule has 0 aliphatic rings. The summed E-state index contributed by atoms with van der Waals surface area (Å²) < 4.78 is 0. The molecule has 0 aliphatic heterocycles. The van der Waals surface area contributed by atoms with E-state index in [1.54, 1.807) is 6.92 Å². The number of thioether (sulfide) groups is 1. The van der Waals surface area contributed by atoms with Crippen LogP contribution in [0, 0.1) is 0 Å². The molecule has 0 bridgehead atoms. The lowest BCUT2D eigenvalue weighted by atomic mass is 10.0. The van der Waals surface area contributed by atoms with Crippen LogP contribution in [0.1, 0.15) is 31.7 Å². The van der Waals surface area contributed by atoms with Gasteiger partial charge in [-0.15, -0.1) is 0 Å². The lowest BCUT2D eigenvalue weighted by Crippen LogP contribution is -2.52. The molecule has 27 heavy (non-hydrogen) atoms. The Labute approximate surface area is 163 Å². The van der Waals surface area contributed by atoms with Crippen molar-refractivity contribution >= 4 is 35.3 Å². The molecule has 2 atom stereocenters. The number of hydrogen-bond acceptors (Lipinski definition) is 5. The second-order valence-corrected chi connectivity index (χ2v) is 7.05. The summed E-state index contributed by atoms with van der Waals surface area (Å²) >= 11 is 1.48. The molecule has 0 saturated heterocycles. The summed E-state index contributed by atoms with van der Waals surface area (Å²) in [7, 11) is 0. The molecule has 0 unspecified atom stereocenters. The number of carboxylic acids is 1. The van der Waals surface area contributed by atoms with Gasteiger partial charge in [0.2, 0.25) is 11.8 Å². The van der Waals surface area contributed by atoms with E-state index in [-0.39, 0.29) is 31.5 Å². The Kier molecular flexibility index (Phi) is 10.2. The van der Waals surface area contributed by atoms with Crippen molar-refractivity contribution in [2.45, 2.75) is 44.7 Å². The van der Waals surface area contributed by atoms with E-state index < -0.39 is 29.9 Å². The largest absolute Gasteiger partial charge is 0.480 e. The van der Waals surface area contributed by atoms with Gasteiger partial charge < -0.3 is 15.7 Å². The number of nitrogens with one attached hydrogen (secondary N) is 2. The second-order valence-electron chi connectivity index (χ2n) is 6.06. The van der Waals surface area contributed by atoms with Gasteiger partial charge in [0.1, 0.15) is 17.9 Å². The Bertz CT molecular complexity index is 651. The summed E-state index contributed by atoms with van der Waals surface area (Å²) in [5, 5.41) is 14.4. The molecular formula is C19H26N2O5S. The Hall–Kier alpha value is -2.35. The number of ketones is 1. The van der Waals surface area contributed by atoms with Crippen molar-refractivity contribution in [3.63, 3.8) is 0 Å². The number of carbonyl (C=O) groups excluding carboxylic acids is 3. The van der Waals surface area contributed by atoms with E-state index in [1.807, 2.05) is 36.6 Å². The van der Waals surface area contributed by atoms with E-state index in [4.69, 9.17) is 0 Å². The third-order valence-electron chi connectivity index (χ3n) is 3.91. The summed E-state index contributed by atoms with van der Waals surface area (Å²) in [6, 6.07) is 7.09. The number of carbonyl (C=O) groups is 4. The minimum Gasteiger partial charge on any atom is -0.480 e. The number of rotatable bonds is 12. The molecule has 0 fully saturated rings. The van der Waals surface area contributed by atoms with E-state index >= 15 is 0 Å². The molecule has 8 heteroatoms. The minimum atomic E-state index is -1.12. The quantitative estimate of drug-likeness (QED) is 0.462. The highest BCUT2D eigenvalue weighted by molar-refractivity contribution is 7.98. The van der Waals surface area contributed by atoms with Crippen molar-refractivity contribution in [2.24, 2.45) is 0 Å². The highest BCUT2D eigenvalue weighted by Gasteiger charge is 2.27. The average molecular weight is 394 g/mol. The molecule has 1 rings (SSSR count). The van der Waals surface area contributed by atoms with Gasteiger partial charge in [0.05, 0.1) is 6.42 Å². The van der Waals surface area contributed by atoms with E-state index in [0.717, 1.165) is 5.56 Å². The Morgan fingerprint density at radius 1 is 1.07 bits per heavy atom. The first-order valence-corrected chi connectivity index (χ1v) is 10.1. The molecule has 0 spiro atoms. The van der Waals surface area contributed by atoms with Crippen LogP contribution >= 0.6 is 11.8 Å². The van der Waals surface area contributed by atoms with E-state index in [9.17, 15) is 24.3 Å². The van der Waals surface area contributed by atoms with Gasteiger partial charge >= 0.3 is 5.97 Å². The van der Waals surface area contributed by atoms with E-state index in [0.29, 0.717) is 5.75 Å². The predicted molar refractivity (Wildman–Crippen MR) is 105 cm³/mol. The SMILES string of the molecule is CCC(=O)CC(=O)N[C@@H](Cc1ccccc1)C(=O)N[C@@H](CCSC)C(=O)O. The van der Waals surface area contributed by atoms with Crippen molar-refractivity contribution in [3.8, 4) is 0 Å². The molecule has 7 nitrogen and oxygen atoms in total. The summed E-state index contributed by atoms with van der Waals surface area (Å²) in [6.07, 6.45) is 2.27. The van der Waals surface area contributed by atoms with Crippen LogP contribution < -0.4 is 10.6 Å². The van der Waals surface area contributed by atoms with Crippen LogP contribution in [0.15, 0.2) is 30.3 Å². The molecule has 0 saturated carbocycles. The first kappa shape index (κ1) is 22.7. The zero-order valence-corrected chi connectivity index (χ0v) is 16.4. The lowest BCUT2D eigenvalue weighted by Gasteiger charge is -2.21. The number of carboxylic acid groups (broad SMARTS) is 1. The van der Waals surface area contributed by atoms with Gasteiger partial charge in [-0.05, 0) is 24.0 Å². The van der Waals surface area contributed by atoms with Crippen LogP contribution in [0.25, 0.3) is 0 Å². The van der Waals surface area contributed by atoms with Crippen molar-refractivity contribution in [1.29, 1.82) is 0 Å². The highest BCUT2D eigenvalue weighted by atomic mass is 32.2. The van der Waals surface area contributed by atoms with Gasteiger partial charge in [-0.25, -0.2) is 4.79 Å². The molecule has 3 N–H and O–H groups in total. The summed E-state index contributed by atoms with van der Waals surface area (Å²) in [5.74, 6) is -1.89. The van der Waals surface area contributed by atoms with Crippen LogP contribution in [-0.2, 0) is 25.6 Å². The smallest absolute Gasteiger partial charge is 0.326 e. The van der Waals surface area contributed by atoms with E-state index in [2.05, 4.69) is 10.6 Å². The minimum absolute atomic E-state index is 0.202. The van der Waals surface area contributed by atoms with Gasteiger partial charge in [0.15, 0.2) is 0 Å². The maximum absolute atomic E-state index is 12.6. The van der Waals surface area contributed by atoms with Crippen LogP contribution in [0.2, 0.25) is 0 Å². The first-order valence-electron chi connectivity index (χ1n) is 8.74. The average Bonchev–Trinajstić information content (AvgIpc) is 2.64. The fourth-order valence-electron chi connectivity index (χ4n) is 2.37. The second kappa shape index (κ2) is 12.1. The van der Waals surface area contributed by atoms with Crippen molar-refractivity contribution < 1.29 is 24.3 Å². The number of benzene rings is 1. The van der Waals surface area contributed by atoms with Gasteiger partial charge in [0, 0.05) is 12.8 Å². The topological polar surface area (TPSA) is 113 Å². The normalized spacial score (nSPS) is 12.7. The number of Topliss-reactive ketones (excluding diaryl/α,β-unsaturated/α-hetero) is 1. The molecule has 1 aromatic carbocycles. The monoisotopic (exact) mass is 394 g/mol. The zero-order valence-electron chi connectivity index (χ0n) is 15.6. The first-order chi connectivity index (χ1) is 12.9. The maximum atomic E-state index is 12.6. The van der Waals surface area contributed by atoms with Crippen LogP contribution in [-0.4, -0.2) is 52.8 Å². The van der Waals surface area contributed by atoms with Crippen molar-refractivity contribution in [2.75, 3.05) is 12.0 Å². The van der Waals surface area contributed by atoms with Gasteiger partial charge in [0.25, 0.3) is 0 Å². The molecule has 0 radical (unpaired) electrons. The molecule has 0 aromatic heterocycles. The van der Waals surface area contributed by atoms with Gasteiger partial charge in [-0.1, -0.05) is 37.3 Å². The van der Waals surface area contributed by atoms with Crippen LogP contribution in [0.3, 0.4) is 0 Å². The number of hydrogen-bond donors (Lipinski definition) is 3. The lowest BCUT2D eigenvalue weighted by molar-refractivity contribution is -0.142. The summed E-state index contributed by atoms with van der Waals surface area (Å²) in [5.41, 5.74) is 0.816. The van der Waals surface area contributed by atoms with Crippen LogP contribution in [0.5, 0.6) is 0 Å². The van der Waals surface area contributed by atoms with Gasteiger partial charge in [-0.3, -0.25) is 14.4 Å². The summed E-state index contributed by atoms with van der Waals surface area (Å²) in [4.78, 5) is 47.6. The molecule has 2 amide bonds. The summed E-state index contributed by atoms with van der Waals surface area (Å²) in [6.45, 7) is 1.66. The van der Waals surface area contributed by atoms with E-state index in [1.165, 1.54) is 11.8 Å². The number of amides is 2. The van der Waals surface area contributed by atoms with Gasteiger partial charge in [-0.2, -0.15) is 11.8 Å². The zero-order chi connectivity index (χ0) is 20.2. The molecular weight excluding hydrogens is 368 g/mol. The Morgan fingerprint density at radius 2 is 1.74 bits per heavy atom. The Morgan fingerprint density at radius 3 is 2.30 bits per heavy atom. The fraction of sp³-hybridized carbons (Fsp3) is 0.474. The third kappa shape index (κ3) is 8.72. The molecule has 0 heterocycles. The predicted octanol–water partition coefficient (Wildman–Crippen LogP) is 1.41. The highest BCUT2D eigenvalue weighted by Crippen LogP contribution is 2.06. The molecule has 1 aromatic rings. The molecule has 0 aliphatic carbocycles. The molecule has 148 valence electrons. The Balaban J connectivity index is 2.87. The van der Waals surface area contributed by atoms with Crippen molar-refractivity contribution in [1.82, 2.24) is 10.6 Å².